The highest BCUT2D eigenvalue weighted by molar-refractivity contribution is 7.91. The number of sulfonamides is 1. The molecule has 0 aromatic carbocycles. The average molecular weight is 322 g/mol. The molecule has 1 aliphatic rings. The summed E-state index contributed by atoms with van der Waals surface area (Å²) in [5, 5.41) is 19.0. The Bertz CT molecular complexity index is 591. The molecule has 3 N–H and O–H groups in total. The Morgan fingerprint density at radius 1 is 1.50 bits per heavy atom. The van der Waals surface area contributed by atoms with Crippen molar-refractivity contribution in [2.24, 2.45) is 0 Å². The molecular weight excluding hydrogens is 308 g/mol. The lowest BCUT2D eigenvalue weighted by Crippen LogP contribution is -2.46. The quantitative estimate of drug-likeness (QED) is 0.677. The van der Waals surface area contributed by atoms with E-state index in [4.69, 9.17) is 9.84 Å². The highest BCUT2D eigenvalue weighted by atomic mass is 32.2. The van der Waals surface area contributed by atoms with E-state index < -0.39 is 27.3 Å². The molecule has 20 heavy (non-hydrogen) atoms. The van der Waals surface area contributed by atoms with E-state index in [2.05, 4.69) is 9.71 Å². The van der Waals surface area contributed by atoms with E-state index in [1.807, 2.05) is 0 Å². The maximum absolute atomic E-state index is 12.1. The number of hydrogen-bond acceptors (Lipinski definition) is 7. The van der Waals surface area contributed by atoms with Crippen molar-refractivity contribution in [1.29, 1.82) is 0 Å². The second kappa shape index (κ2) is 5.74. The van der Waals surface area contributed by atoms with Gasteiger partial charge in [-0.3, -0.25) is 0 Å². The van der Waals surface area contributed by atoms with Crippen molar-refractivity contribution in [3.8, 4) is 0 Å². The van der Waals surface area contributed by atoms with Crippen LogP contribution in [0.15, 0.2) is 9.72 Å². The van der Waals surface area contributed by atoms with Crippen molar-refractivity contribution in [3.63, 3.8) is 0 Å². The molecule has 0 radical (unpaired) electrons. The van der Waals surface area contributed by atoms with E-state index in [0.717, 1.165) is 16.8 Å². The molecule has 0 unspecified atom stereocenters. The highest BCUT2D eigenvalue weighted by Gasteiger charge is 2.33. The van der Waals surface area contributed by atoms with Crippen LogP contribution in [0.4, 0.5) is 0 Å². The standard InChI is InChI=1S/C10H14N2O6S2/c13-8(14)7-9(19-6-11-7)20(16,17)12-5-10(15)1-3-18-4-2-10/h6,12,15H,1-5H2,(H,13,14). The van der Waals surface area contributed by atoms with Gasteiger partial charge >= 0.3 is 5.97 Å². The number of thiazole rings is 1. The van der Waals surface area contributed by atoms with E-state index in [-0.39, 0.29) is 10.8 Å². The van der Waals surface area contributed by atoms with Gasteiger partial charge in [0.2, 0.25) is 0 Å². The molecule has 1 aromatic rings. The van der Waals surface area contributed by atoms with Gasteiger partial charge in [-0.25, -0.2) is 22.9 Å². The number of aromatic nitrogens is 1. The Balaban J connectivity index is 2.11. The largest absolute Gasteiger partial charge is 0.476 e. The molecule has 1 aromatic heterocycles. The van der Waals surface area contributed by atoms with Crippen LogP contribution in [0.3, 0.4) is 0 Å². The van der Waals surface area contributed by atoms with Crippen molar-refractivity contribution in [1.82, 2.24) is 9.71 Å². The lowest BCUT2D eigenvalue weighted by atomic mass is 9.95. The molecule has 0 aliphatic carbocycles. The molecule has 1 aliphatic heterocycles. The van der Waals surface area contributed by atoms with Crippen LogP contribution in [0, 0.1) is 0 Å². The molecule has 8 nitrogen and oxygen atoms in total. The maximum atomic E-state index is 12.1. The molecular formula is C10H14N2O6S2. The van der Waals surface area contributed by atoms with Crippen molar-refractivity contribution >= 4 is 27.3 Å². The number of nitrogens with zero attached hydrogens (tertiary/aromatic N) is 1. The minimum absolute atomic E-state index is 0.185. The maximum Gasteiger partial charge on any atom is 0.356 e. The third kappa shape index (κ3) is 3.33. The molecule has 112 valence electrons. The minimum atomic E-state index is -4.01. The number of carboxylic acid groups (broad SMARTS) is 1. The summed E-state index contributed by atoms with van der Waals surface area (Å²) in [4.78, 5) is 14.4. The van der Waals surface area contributed by atoms with Gasteiger partial charge in [0.05, 0.1) is 11.1 Å². The van der Waals surface area contributed by atoms with Gasteiger partial charge in [0.15, 0.2) is 9.90 Å². The Hall–Kier alpha value is -1.07. The SMILES string of the molecule is O=C(O)c1ncsc1S(=O)(=O)NCC1(O)CCOCC1. The molecule has 0 atom stereocenters. The van der Waals surface area contributed by atoms with E-state index in [0.29, 0.717) is 26.1 Å². The first kappa shape index (κ1) is 15.3. The summed E-state index contributed by atoms with van der Waals surface area (Å²) >= 11 is 0.722. The number of carbonyl (C=O) groups is 1. The number of rotatable bonds is 5. The number of aliphatic hydroxyl groups is 1. The summed E-state index contributed by atoms with van der Waals surface area (Å²) in [6.07, 6.45) is 0.647. The number of carboxylic acids is 1. The second-order valence-corrected chi connectivity index (χ2v) is 7.27. The third-order valence-corrected chi connectivity index (χ3v) is 5.77. The fourth-order valence-corrected chi connectivity index (χ4v) is 4.09. The fraction of sp³-hybridized carbons (Fsp3) is 0.600. The molecule has 0 amide bonds. The Morgan fingerprint density at radius 3 is 2.75 bits per heavy atom. The summed E-state index contributed by atoms with van der Waals surface area (Å²) in [6, 6.07) is 0. The van der Waals surface area contributed by atoms with Gasteiger partial charge in [0.1, 0.15) is 0 Å². The lowest BCUT2D eigenvalue weighted by Gasteiger charge is -2.31. The van der Waals surface area contributed by atoms with Crippen LogP contribution in [0.5, 0.6) is 0 Å². The minimum Gasteiger partial charge on any atom is -0.476 e. The normalized spacial score (nSPS) is 18.9. The number of hydrogen-bond donors (Lipinski definition) is 3. The predicted octanol–water partition coefficient (Wildman–Crippen LogP) is -0.339. The summed E-state index contributed by atoms with van der Waals surface area (Å²) in [5.74, 6) is -1.41. The molecule has 0 spiro atoms. The zero-order chi connectivity index (χ0) is 14.8. The Labute approximate surface area is 119 Å². The number of nitrogens with one attached hydrogen (secondary N) is 1. The van der Waals surface area contributed by atoms with E-state index in [9.17, 15) is 18.3 Å². The number of aromatic carboxylic acids is 1. The Morgan fingerprint density at radius 2 is 2.15 bits per heavy atom. The zero-order valence-electron chi connectivity index (χ0n) is 10.4. The van der Waals surface area contributed by atoms with Crippen molar-refractivity contribution in [2.75, 3.05) is 19.8 Å². The summed E-state index contributed by atoms with van der Waals surface area (Å²) in [7, 11) is -4.01. The second-order valence-electron chi connectivity index (χ2n) is 4.45. The zero-order valence-corrected chi connectivity index (χ0v) is 12.0. The van der Waals surface area contributed by atoms with Gasteiger partial charge in [-0.2, -0.15) is 0 Å². The van der Waals surface area contributed by atoms with Gasteiger partial charge in [-0.05, 0) is 0 Å². The van der Waals surface area contributed by atoms with Gasteiger partial charge in [0, 0.05) is 32.6 Å². The smallest absolute Gasteiger partial charge is 0.356 e. The molecule has 2 heterocycles. The first-order valence-corrected chi connectivity index (χ1v) is 8.17. The highest BCUT2D eigenvalue weighted by Crippen LogP contribution is 2.23. The van der Waals surface area contributed by atoms with Crippen LogP contribution in [-0.4, -0.2) is 54.9 Å². The molecule has 10 heteroatoms. The fourth-order valence-electron chi connectivity index (χ4n) is 1.79. The van der Waals surface area contributed by atoms with Crippen LogP contribution in [0.2, 0.25) is 0 Å². The molecule has 2 rings (SSSR count). The lowest BCUT2D eigenvalue weighted by molar-refractivity contribution is -0.0588. The number of ether oxygens (including phenoxy) is 1. The van der Waals surface area contributed by atoms with Gasteiger partial charge in [-0.1, -0.05) is 0 Å². The first-order valence-electron chi connectivity index (χ1n) is 5.81. The Kier molecular flexibility index (Phi) is 4.39. The predicted molar refractivity (Wildman–Crippen MR) is 69.3 cm³/mol. The van der Waals surface area contributed by atoms with Crippen LogP contribution in [0.25, 0.3) is 0 Å². The topological polar surface area (TPSA) is 126 Å². The van der Waals surface area contributed by atoms with E-state index in [1.165, 1.54) is 0 Å². The van der Waals surface area contributed by atoms with E-state index in [1.54, 1.807) is 0 Å². The van der Waals surface area contributed by atoms with Crippen molar-refractivity contribution < 1.29 is 28.2 Å². The van der Waals surface area contributed by atoms with Crippen LogP contribution < -0.4 is 4.72 Å². The van der Waals surface area contributed by atoms with Gasteiger partial charge < -0.3 is 14.9 Å². The summed E-state index contributed by atoms with van der Waals surface area (Å²) < 4.78 is 31.1. The van der Waals surface area contributed by atoms with Crippen LogP contribution in [0.1, 0.15) is 23.3 Å². The molecule has 1 fully saturated rings. The van der Waals surface area contributed by atoms with Crippen molar-refractivity contribution in [3.05, 3.63) is 11.2 Å². The van der Waals surface area contributed by atoms with Crippen LogP contribution >= 0.6 is 11.3 Å². The first-order chi connectivity index (χ1) is 9.34. The van der Waals surface area contributed by atoms with Gasteiger partial charge in [0.25, 0.3) is 10.0 Å². The molecule has 0 bridgehead atoms. The summed E-state index contributed by atoms with van der Waals surface area (Å²) in [5.41, 5.74) is -0.526. The van der Waals surface area contributed by atoms with Gasteiger partial charge in [-0.15, -0.1) is 11.3 Å². The van der Waals surface area contributed by atoms with Crippen LogP contribution in [-0.2, 0) is 14.8 Å². The molecule has 0 saturated carbocycles. The summed E-state index contributed by atoms with van der Waals surface area (Å²) in [6.45, 7) is 0.536. The van der Waals surface area contributed by atoms with E-state index >= 15 is 0 Å². The van der Waals surface area contributed by atoms with Crippen molar-refractivity contribution in [2.45, 2.75) is 22.7 Å². The molecule has 1 saturated heterocycles. The average Bonchev–Trinajstić information content (AvgIpc) is 2.88. The third-order valence-electron chi connectivity index (χ3n) is 3.00. The monoisotopic (exact) mass is 322 g/mol.